The van der Waals surface area contributed by atoms with Crippen LogP contribution in [0.1, 0.15) is 12.8 Å². The summed E-state index contributed by atoms with van der Waals surface area (Å²) in [5, 5.41) is 9.32. The predicted molar refractivity (Wildman–Crippen MR) is 57.3 cm³/mol. The normalized spacial score (nSPS) is 29.4. The highest BCUT2D eigenvalue weighted by molar-refractivity contribution is 6.05. The molecule has 2 aliphatic rings. The zero-order valence-corrected chi connectivity index (χ0v) is 9.20. The Bertz CT molecular complexity index is 378. The molecule has 0 aromatic carbocycles. The van der Waals surface area contributed by atoms with E-state index in [1.54, 1.807) is 0 Å². The molecule has 0 bridgehead atoms. The molecule has 3 amide bonds. The number of carbonyl (C=O) groups is 3. The topological polar surface area (TPSA) is 101 Å². The van der Waals surface area contributed by atoms with Crippen molar-refractivity contribution in [1.29, 1.82) is 0 Å². The summed E-state index contributed by atoms with van der Waals surface area (Å²) < 4.78 is 0. The van der Waals surface area contributed by atoms with Crippen molar-refractivity contribution in [3.05, 3.63) is 12.2 Å². The number of nitrogens with zero attached hydrogens (tertiary/aromatic N) is 1. The maximum atomic E-state index is 11.9. The minimum Gasteiger partial charge on any atom is -0.381 e. The lowest BCUT2D eigenvalue weighted by Crippen LogP contribution is -2.43. The monoisotopic (exact) mass is 238 g/mol. The third-order valence-electron chi connectivity index (χ3n) is 3.28. The number of allylic oxidation sites excluding steroid dienone is 2. The van der Waals surface area contributed by atoms with Crippen LogP contribution in [-0.2, 0) is 14.4 Å². The zero-order valence-electron chi connectivity index (χ0n) is 9.20. The summed E-state index contributed by atoms with van der Waals surface area (Å²) in [6, 6.07) is 0. The van der Waals surface area contributed by atoms with Gasteiger partial charge in [0.25, 0.3) is 0 Å². The first-order valence-electron chi connectivity index (χ1n) is 5.50. The van der Waals surface area contributed by atoms with Crippen molar-refractivity contribution in [3.63, 3.8) is 0 Å². The zero-order chi connectivity index (χ0) is 12.6. The Morgan fingerprint density at radius 3 is 2.24 bits per heavy atom. The number of amides is 3. The first-order chi connectivity index (χ1) is 8.02. The number of carbonyl (C=O) groups excluding carboxylic acids is 3. The third-order valence-corrected chi connectivity index (χ3v) is 3.28. The summed E-state index contributed by atoms with van der Waals surface area (Å²) in [6.45, 7) is -0.333. The van der Waals surface area contributed by atoms with Crippen LogP contribution in [0.4, 0.5) is 0 Å². The van der Waals surface area contributed by atoms with Gasteiger partial charge >= 0.3 is 0 Å². The summed E-state index contributed by atoms with van der Waals surface area (Å²) in [5.41, 5.74) is 4.90. The van der Waals surface area contributed by atoms with Crippen molar-refractivity contribution < 1.29 is 19.5 Å². The first-order valence-corrected chi connectivity index (χ1v) is 5.50. The Hall–Kier alpha value is -1.69. The minimum absolute atomic E-state index is 0.315. The quantitative estimate of drug-likeness (QED) is 0.475. The van der Waals surface area contributed by atoms with Gasteiger partial charge in [-0.15, -0.1) is 0 Å². The molecule has 0 spiro atoms. The Morgan fingerprint density at radius 2 is 1.82 bits per heavy atom. The minimum atomic E-state index is -1.49. The van der Waals surface area contributed by atoms with Crippen LogP contribution < -0.4 is 5.73 Å². The molecule has 0 aromatic heterocycles. The van der Waals surface area contributed by atoms with Gasteiger partial charge in [0.15, 0.2) is 6.10 Å². The van der Waals surface area contributed by atoms with Crippen LogP contribution in [0.25, 0.3) is 0 Å². The SMILES string of the molecule is NC(=O)C(O)CN1C(=O)C2CC=CCC2C1=O. The average molecular weight is 238 g/mol. The van der Waals surface area contributed by atoms with Crippen LogP contribution in [0.3, 0.4) is 0 Å². The van der Waals surface area contributed by atoms with Crippen LogP contribution in [-0.4, -0.2) is 40.4 Å². The molecule has 2 rings (SSSR count). The standard InChI is InChI=1S/C11H14N2O4/c12-9(15)8(14)5-13-10(16)6-3-1-2-4-7(6)11(13)17/h1-2,6-8,14H,3-5H2,(H2,12,15). The van der Waals surface area contributed by atoms with Gasteiger partial charge in [-0.05, 0) is 12.8 Å². The lowest BCUT2D eigenvalue weighted by Gasteiger charge is -2.16. The highest BCUT2D eigenvalue weighted by Gasteiger charge is 2.47. The van der Waals surface area contributed by atoms with Crippen LogP contribution in [0.15, 0.2) is 12.2 Å². The second-order valence-corrected chi connectivity index (χ2v) is 4.36. The van der Waals surface area contributed by atoms with Gasteiger partial charge in [0.2, 0.25) is 17.7 Å². The number of rotatable bonds is 3. The van der Waals surface area contributed by atoms with Gasteiger partial charge in [0, 0.05) is 0 Å². The number of primary amides is 1. The molecule has 1 aliphatic carbocycles. The highest BCUT2D eigenvalue weighted by atomic mass is 16.3. The molecule has 1 heterocycles. The van der Waals surface area contributed by atoms with Gasteiger partial charge in [-0.3, -0.25) is 19.3 Å². The van der Waals surface area contributed by atoms with Crippen LogP contribution in [0.2, 0.25) is 0 Å². The fourth-order valence-electron chi connectivity index (χ4n) is 2.31. The Balaban J connectivity index is 2.13. The van der Waals surface area contributed by atoms with Crippen LogP contribution in [0, 0.1) is 11.8 Å². The maximum Gasteiger partial charge on any atom is 0.248 e. The number of likely N-dealkylation sites (tertiary alicyclic amines) is 1. The number of hydrogen-bond donors (Lipinski definition) is 2. The Kier molecular flexibility index (Phi) is 2.97. The summed E-state index contributed by atoms with van der Waals surface area (Å²) in [5.74, 6) is -2.24. The number of imide groups is 1. The van der Waals surface area contributed by atoms with Crippen LogP contribution >= 0.6 is 0 Å². The van der Waals surface area contributed by atoms with Crippen molar-refractivity contribution in [2.24, 2.45) is 17.6 Å². The molecule has 6 heteroatoms. The second kappa shape index (κ2) is 4.29. The van der Waals surface area contributed by atoms with Crippen molar-refractivity contribution in [3.8, 4) is 0 Å². The Morgan fingerprint density at radius 1 is 1.35 bits per heavy atom. The van der Waals surface area contributed by atoms with Gasteiger partial charge < -0.3 is 10.8 Å². The molecule has 0 aromatic rings. The lowest BCUT2D eigenvalue weighted by molar-refractivity contribution is -0.142. The second-order valence-electron chi connectivity index (χ2n) is 4.36. The smallest absolute Gasteiger partial charge is 0.248 e. The van der Waals surface area contributed by atoms with E-state index in [4.69, 9.17) is 5.73 Å². The van der Waals surface area contributed by atoms with Crippen molar-refractivity contribution >= 4 is 17.7 Å². The fourth-order valence-corrected chi connectivity index (χ4v) is 2.31. The summed E-state index contributed by atoms with van der Waals surface area (Å²) in [6.07, 6.45) is 3.34. The molecule has 3 unspecified atom stereocenters. The molecule has 1 aliphatic heterocycles. The number of aliphatic hydroxyl groups is 1. The number of nitrogens with two attached hydrogens (primary N) is 1. The number of β-amino-alcohol motifs (C(OH)–C–C–N with tert-alkyl or cyclic N) is 1. The van der Waals surface area contributed by atoms with Gasteiger partial charge in [0.05, 0.1) is 18.4 Å². The largest absolute Gasteiger partial charge is 0.381 e. The van der Waals surface area contributed by atoms with E-state index < -0.39 is 12.0 Å². The summed E-state index contributed by atoms with van der Waals surface area (Å²) >= 11 is 0. The average Bonchev–Trinajstić information content (AvgIpc) is 2.55. The fraction of sp³-hybridized carbons (Fsp3) is 0.545. The molecule has 6 nitrogen and oxygen atoms in total. The van der Waals surface area contributed by atoms with E-state index in [-0.39, 0.29) is 30.2 Å². The van der Waals surface area contributed by atoms with E-state index >= 15 is 0 Å². The summed E-state index contributed by atoms with van der Waals surface area (Å²) in [7, 11) is 0. The molecule has 0 radical (unpaired) electrons. The van der Waals surface area contributed by atoms with Crippen molar-refractivity contribution in [1.82, 2.24) is 4.90 Å². The molecular weight excluding hydrogens is 224 g/mol. The molecule has 1 fully saturated rings. The molecule has 3 atom stereocenters. The molecule has 92 valence electrons. The van der Waals surface area contributed by atoms with E-state index in [0.29, 0.717) is 12.8 Å². The van der Waals surface area contributed by atoms with E-state index in [1.807, 2.05) is 12.2 Å². The first kappa shape index (κ1) is 11.8. The molecule has 17 heavy (non-hydrogen) atoms. The highest BCUT2D eigenvalue weighted by Crippen LogP contribution is 2.34. The van der Waals surface area contributed by atoms with Crippen molar-refractivity contribution in [2.45, 2.75) is 18.9 Å². The molecule has 3 N–H and O–H groups in total. The van der Waals surface area contributed by atoms with Gasteiger partial charge in [-0.2, -0.15) is 0 Å². The number of hydrogen-bond acceptors (Lipinski definition) is 4. The van der Waals surface area contributed by atoms with Crippen molar-refractivity contribution in [2.75, 3.05) is 6.54 Å². The predicted octanol–water partition coefficient (Wildman–Crippen LogP) is -1.22. The van der Waals surface area contributed by atoms with Gasteiger partial charge in [-0.1, -0.05) is 12.2 Å². The van der Waals surface area contributed by atoms with E-state index in [2.05, 4.69) is 0 Å². The lowest BCUT2D eigenvalue weighted by atomic mass is 9.85. The molecule has 0 saturated carbocycles. The van der Waals surface area contributed by atoms with Crippen LogP contribution in [0.5, 0.6) is 0 Å². The third kappa shape index (κ3) is 1.95. The van der Waals surface area contributed by atoms with E-state index in [0.717, 1.165) is 4.90 Å². The van der Waals surface area contributed by atoms with E-state index in [1.165, 1.54) is 0 Å². The van der Waals surface area contributed by atoms with E-state index in [9.17, 15) is 19.5 Å². The number of fused-ring (bicyclic) bond motifs is 1. The summed E-state index contributed by atoms with van der Waals surface area (Å²) in [4.78, 5) is 35.5. The maximum absolute atomic E-state index is 11.9. The number of aliphatic hydroxyl groups excluding tert-OH is 1. The van der Waals surface area contributed by atoms with Gasteiger partial charge in [0.1, 0.15) is 0 Å². The Labute approximate surface area is 98.1 Å². The molecule has 1 saturated heterocycles. The molecular formula is C11H14N2O4. The van der Waals surface area contributed by atoms with Gasteiger partial charge in [-0.25, -0.2) is 0 Å².